The molecule has 1 aliphatic rings. The molecule has 1 aromatic heterocycles. The number of carbonyl (C=O) groups excluding carboxylic acids is 1. The molecule has 1 saturated heterocycles. The minimum Gasteiger partial charge on any atom is -0.450 e. The Morgan fingerprint density at radius 3 is 2.82 bits per heavy atom. The van der Waals surface area contributed by atoms with E-state index in [1.165, 1.54) is 0 Å². The van der Waals surface area contributed by atoms with Crippen LogP contribution in [-0.4, -0.2) is 47.7 Å². The Labute approximate surface area is 165 Å². The minimum atomic E-state index is -0.240. The fourth-order valence-electron chi connectivity index (χ4n) is 3.21. The van der Waals surface area contributed by atoms with Crippen LogP contribution in [0.25, 0.3) is 11.3 Å². The maximum Gasteiger partial charge on any atom is 0.409 e. The first-order valence-electron chi connectivity index (χ1n) is 9.64. The van der Waals surface area contributed by atoms with Gasteiger partial charge >= 0.3 is 6.09 Å². The average molecular weight is 381 g/mol. The zero-order valence-electron chi connectivity index (χ0n) is 16.2. The number of hydrogen-bond acceptors (Lipinski definition) is 4. The number of nitrogens with one attached hydrogen (secondary N) is 1. The molecule has 148 valence electrons. The lowest BCUT2D eigenvalue weighted by atomic mass is 10.1. The van der Waals surface area contributed by atoms with Crippen molar-refractivity contribution in [1.29, 1.82) is 0 Å². The van der Waals surface area contributed by atoms with Gasteiger partial charge in [0.2, 0.25) is 0 Å². The molecule has 0 saturated carbocycles. The number of ether oxygens (including phenoxy) is 1. The Kier molecular flexibility index (Phi) is 6.84. The molecule has 1 aromatic carbocycles. The van der Waals surface area contributed by atoms with Crippen molar-refractivity contribution >= 4 is 12.1 Å². The Morgan fingerprint density at radius 1 is 1.29 bits per heavy atom. The molecule has 7 heteroatoms. The molecule has 1 fully saturated rings. The number of aliphatic imine (C=N–C) groups is 1. The largest absolute Gasteiger partial charge is 0.450 e. The summed E-state index contributed by atoms with van der Waals surface area (Å²) in [5.41, 5.74) is 9.14. The number of nitrogens with two attached hydrogens (primary N) is 1. The first-order chi connectivity index (χ1) is 13.7. The van der Waals surface area contributed by atoms with Crippen LogP contribution >= 0.6 is 0 Å². The number of benzene rings is 1. The maximum absolute atomic E-state index is 11.7. The molecule has 1 amide bonds. The van der Waals surface area contributed by atoms with E-state index in [0.29, 0.717) is 32.2 Å². The third-order valence-electron chi connectivity index (χ3n) is 4.69. The van der Waals surface area contributed by atoms with Crippen molar-refractivity contribution in [1.82, 2.24) is 15.2 Å². The van der Waals surface area contributed by atoms with Gasteiger partial charge in [0.05, 0.1) is 18.8 Å². The summed E-state index contributed by atoms with van der Waals surface area (Å²) in [4.78, 5) is 22.3. The number of rotatable bonds is 5. The van der Waals surface area contributed by atoms with Crippen LogP contribution in [0.1, 0.15) is 25.3 Å². The quantitative estimate of drug-likeness (QED) is 0.614. The van der Waals surface area contributed by atoms with Gasteiger partial charge in [0, 0.05) is 30.9 Å². The van der Waals surface area contributed by atoms with Crippen molar-refractivity contribution < 1.29 is 9.53 Å². The van der Waals surface area contributed by atoms with Crippen LogP contribution in [0.5, 0.6) is 0 Å². The van der Waals surface area contributed by atoms with Gasteiger partial charge in [-0.1, -0.05) is 24.3 Å². The van der Waals surface area contributed by atoms with E-state index in [2.05, 4.69) is 21.4 Å². The third kappa shape index (κ3) is 5.45. The molecule has 0 bridgehead atoms. The topological polar surface area (TPSA) is 92.8 Å². The Bertz CT molecular complexity index is 801. The number of nitrogens with zero attached hydrogens (tertiary/aromatic N) is 3. The molecule has 7 nitrogen and oxygen atoms in total. The summed E-state index contributed by atoms with van der Waals surface area (Å²) >= 11 is 0. The van der Waals surface area contributed by atoms with E-state index in [1.54, 1.807) is 11.1 Å². The summed E-state index contributed by atoms with van der Waals surface area (Å²) < 4.78 is 5.04. The van der Waals surface area contributed by atoms with Crippen LogP contribution in [0.2, 0.25) is 0 Å². The number of likely N-dealkylation sites (tertiary alicyclic amines) is 1. The van der Waals surface area contributed by atoms with Crippen molar-refractivity contribution in [2.75, 3.05) is 19.7 Å². The molecule has 2 heterocycles. The van der Waals surface area contributed by atoms with Crippen LogP contribution in [0.4, 0.5) is 4.79 Å². The molecule has 1 aliphatic heterocycles. The predicted octanol–water partition coefficient (Wildman–Crippen LogP) is 2.77. The number of carbonyl (C=O) groups is 1. The fraction of sp³-hybridized carbons (Fsp3) is 0.381. The van der Waals surface area contributed by atoms with E-state index < -0.39 is 0 Å². The van der Waals surface area contributed by atoms with Gasteiger partial charge in [-0.15, -0.1) is 0 Å². The molecule has 3 N–H and O–H groups in total. The summed E-state index contributed by atoms with van der Waals surface area (Å²) in [6, 6.07) is 14.2. The molecular formula is C21H27N5O2. The van der Waals surface area contributed by atoms with Crippen molar-refractivity contribution in [3.63, 3.8) is 0 Å². The standard InChI is InChI=1S/C21H27N5O2/c1-2-28-21(27)26-12-9-18(10-13-26)25-20(22)24-15-16-6-5-7-17(14-16)19-8-3-4-11-23-19/h3-8,11,14,18H,2,9-10,12-13,15H2,1H3,(H3,22,24,25). The highest BCUT2D eigenvalue weighted by atomic mass is 16.6. The van der Waals surface area contributed by atoms with E-state index in [0.717, 1.165) is 29.7 Å². The number of piperidine rings is 1. The average Bonchev–Trinajstić information content (AvgIpc) is 2.74. The van der Waals surface area contributed by atoms with Crippen molar-refractivity contribution in [3.8, 4) is 11.3 Å². The highest BCUT2D eigenvalue weighted by Gasteiger charge is 2.23. The van der Waals surface area contributed by atoms with E-state index >= 15 is 0 Å². The Balaban J connectivity index is 1.51. The Morgan fingerprint density at radius 2 is 2.11 bits per heavy atom. The molecule has 3 rings (SSSR count). The second kappa shape index (κ2) is 9.73. The zero-order chi connectivity index (χ0) is 19.8. The van der Waals surface area contributed by atoms with E-state index in [-0.39, 0.29) is 12.1 Å². The molecule has 28 heavy (non-hydrogen) atoms. The third-order valence-corrected chi connectivity index (χ3v) is 4.69. The van der Waals surface area contributed by atoms with Gasteiger partial charge in [0.25, 0.3) is 0 Å². The number of pyridine rings is 1. The highest BCUT2D eigenvalue weighted by molar-refractivity contribution is 5.78. The summed E-state index contributed by atoms with van der Waals surface area (Å²) in [6.07, 6.45) is 3.19. The van der Waals surface area contributed by atoms with Crippen molar-refractivity contribution in [2.45, 2.75) is 32.4 Å². The van der Waals surface area contributed by atoms with Gasteiger partial charge in [-0.25, -0.2) is 9.79 Å². The van der Waals surface area contributed by atoms with E-state index in [4.69, 9.17) is 10.5 Å². The summed E-state index contributed by atoms with van der Waals surface area (Å²) in [5.74, 6) is 0.429. The summed E-state index contributed by atoms with van der Waals surface area (Å²) in [6.45, 7) is 4.04. The normalized spacial score (nSPS) is 15.3. The van der Waals surface area contributed by atoms with E-state index in [1.807, 2.05) is 43.3 Å². The van der Waals surface area contributed by atoms with Gasteiger partial charge in [-0.2, -0.15) is 0 Å². The first kappa shape index (κ1) is 19.7. The lowest BCUT2D eigenvalue weighted by Crippen LogP contribution is -2.48. The van der Waals surface area contributed by atoms with Gasteiger partial charge in [0.15, 0.2) is 5.96 Å². The lowest BCUT2D eigenvalue weighted by molar-refractivity contribution is 0.0963. The Hall–Kier alpha value is -3.09. The minimum absolute atomic E-state index is 0.217. The number of hydrogen-bond donors (Lipinski definition) is 2. The number of guanidine groups is 1. The summed E-state index contributed by atoms with van der Waals surface area (Å²) in [5, 5.41) is 3.26. The molecule has 0 spiro atoms. The molecular weight excluding hydrogens is 354 g/mol. The smallest absolute Gasteiger partial charge is 0.409 e. The molecule has 0 atom stereocenters. The van der Waals surface area contributed by atoms with Crippen LogP contribution in [0, 0.1) is 0 Å². The molecule has 0 unspecified atom stereocenters. The van der Waals surface area contributed by atoms with Crippen LogP contribution < -0.4 is 11.1 Å². The van der Waals surface area contributed by atoms with E-state index in [9.17, 15) is 4.79 Å². The lowest BCUT2D eigenvalue weighted by Gasteiger charge is -2.31. The van der Waals surface area contributed by atoms with Crippen LogP contribution in [-0.2, 0) is 11.3 Å². The van der Waals surface area contributed by atoms with Crippen LogP contribution in [0.3, 0.4) is 0 Å². The van der Waals surface area contributed by atoms with Crippen LogP contribution in [0.15, 0.2) is 53.7 Å². The highest BCUT2D eigenvalue weighted by Crippen LogP contribution is 2.18. The van der Waals surface area contributed by atoms with Crippen molar-refractivity contribution in [2.24, 2.45) is 10.7 Å². The van der Waals surface area contributed by atoms with Gasteiger partial charge in [-0.3, -0.25) is 4.98 Å². The SMILES string of the molecule is CCOC(=O)N1CCC(NC(N)=NCc2cccc(-c3ccccn3)c2)CC1. The molecule has 0 radical (unpaired) electrons. The second-order valence-electron chi connectivity index (χ2n) is 6.72. The zero-order valence-corrected chi connectivity index (χ0v) is 16.2. The molecule has 0 aliphatic carbocycles. The maximum atomic E-state index is 11.7. The van der Waals surface area contributed by atoms with Crippen molar-refractivity contribution in [3.05, 3.63) is 54.2 Å². The number of amides is 1. The summed E-state index contributed by atoms with van der Waals surface area (Å²) in [7, 11) is 0. The monoisotopic (exact) mass is 381 g/mol. The van der Waals surface area contributed by atoms with Gasteiger partial charge in [0.1, 0.15) is 0 Å². The predicted molar refractivity (Wildman–Crippen MR) is 110 cm³/mol. The molecule has 2 aromatic rings. The first-order valence-corrected chi connectivity index (χ1v) is 9.64. The number of aromatic nitrogens is 1. The van der Waals surface area contributed by atoms with Gasteiger partial charge in [-0.05, 0) is 43.5 Å². The van der Waals surface area contributed by atoms with Gasteiger partial charge < -0.3 is 20.7 Å². The second-order valence-corrected chi connectivity index (χ2v) is 6.72. The fourth-order valence-corrected chi connectivity index (χ4v) is 3.21.